The molecule has 1 aromatic carbocycles. The Morgan fingerprint density at radius 3 is 2.12 bits per heavy atom. The molecule has 86 valence electrons. The lowest BCUT2D eigenvalue weighted by atomic mass is 10.0. The Hall–Kier alpha value is -0.500. The van der Waals surface area contributed by atoms with E-state index in [9.17, 15) is 10.2 Å². The Labute approximate surface area is 108 Å². The molecule has 1 rings (SSSR count). The van der Waals surface area contributed by atoms with Crippen LogP contribution in [0, 0.1) is 11.3 Å². The molecule has 0 saturated carbocycles. The summed E-state index contributed by atoms with van der Waals surface area (Å²) in [6.07, 6.45) is -2.58. The molecule has 2 atom stereocenters. The van der Waals surface area contributed by atoms with Crippen molar-refractivity contribution in [1.29, 1.82) is 5.26 Å². The number of rotatable bonds is 3. The van der Waals surface area contributed by atoms with Gasteiger partial charge in [-0.3, -0.25) is 0 Å². The van der Waals surface area contributed by atoms with Crippen molar-refractivity contribution < 1.29 is 10.2 Å². The Kier molecular flexibility index (Phi) is 4.85. The Bertz CT molecular complexity index is 408. The number of aliphatic hydroxyl groups is 2. The minimum Gasteiger partial charge on any atom is -0.389 e. The Balaban J connectivity index is 3.01. The standard InChI is InChI=1S/C10H8Cl3NO2/c11-6-3-5(4-7(12)9(6)13)10(16)8(15)1-2-14/h3-4,8,10,15-16H,1H2. The second kappa shape index (κ2) is 5.72. The summed E-state index contributed by atoms with van der Waals surface area (Å²) in [5.74, 6) is 0. The average Bonchev–Trinajstić information content (AvgIpc) is 2.24. The number of aliphatic hydroxyl groups excluding tert-OH is 2. The quantitative estimate of drug-likeness (QED) is 0.837. The lowest BCUT2D eigenvalue weighted by Crippen LogP contribution is -2.17. The van der Waals surface area contributed by atoms with Crippen LogP contribution < -0.4 is 0 Å². The molecular formula is C10H8Cl3NO2. The van der Waals surface area contributed by atoms with Crippen LogP contribution in [-0.2, 0) is 0 Å². The van der Waals surface area contributed by atoms with E-state index in [0.29, 0.717) is 5.56 Å². The molecule has 0 heterocycles. The van der Waals surface area contributed by atoms with Gasteiger partial charge < -0.3 is 10.2 Å². The second-order valence-corrected chi connectivity index (χ2v) is 4.37. The van der Waals surface area contributed by atoms with Gasteiger partial charge in [0, 0.05) is 0 Å². The molecule has 0 fully saturated rings. The molecule has 0 aliphatic heterocycles. The highest BCUT2D eigenvalue weighted by Crippen LogP contribution is 2.34. The van der Waals surface area contributed by atoms with Crippen LogP contribution in [0.25, 0.3) is 0 Å². The smallest absolute Gasteiger partial charge is 0.106 e. The fraction of sp³-hybridized carbons (Fsp3) is 0.300. The lowest BCUT2D eigenvalue weighted by Gasteiger charge is -2.16. The van der Waals surface area contributed by atoms with E-state index in [0.717, 1.165) is 0 Å². The molecule has 6 heteroatoms. The van der Waals surface area contributed by atoms with E-state index in [2.05, 4.69) is 0 Å². The van der Waals surface area contributed by atoms with Crippen molar-refractivity contribution in [2.75, 3.05) is 0 Å². The van der Waals surface area contributed by atoms with E-state index < -0.39 is 12.2 Å². The fourth-order valence-electron chi connectivity index (χ4n) is 1.17. The predicted octanol–water partition coefficient (Wildman–Crippen LogP) is 2.95. The number of halogens is 3. The van der Waals surface area contributed by atoms with Crippen LogP contribution in [0.2, 0.25) is 15.1 Å². The third-order valence-electron chi connectivity index (χ3n) is 2.01. The van der Waals surface area contributed by atoms with Crippen LogP contribution >= 0.6 is 34.8 Å². The van der Waals surface area contributed by atoms with Gasteiger partial charge in [0.15, 0.2) is 0 Å². The summed E-state index contributed by atoms with van der Waals surface area (Å²) in [6.45, 7) is 0. The van der Waals surface area contributed by atoms with Crippen molar-refractivity contribution in [1.82, 2.24) is 0 Å². The van der Waals surface area contributed by atoms with Crippen molar-refractivity contribution in [3.8, 4) is 6.07 Å². The van der Waals surface area contributed by atoms with Crippen molar-refractivity contribution in [3.63, 3.8) is 0 Å². The third kappa shape index (κ3) is 3.00. The van der Waals surface area contributed by atoms with Crippen LogP contribution in [0.1, 0.15) is 18.1 Å². The molecule has 0 bridgehead atoms. The van der Waals surface area contributed by atoms with E-state index in [4.69, 9.17) is 40.1 Å². The molecule has 1 aromatic rings. The monoisotopic (exact) mass is 279 g/mol. The molecule has 0 amide bonds. The number of hydrogen-bond acceptors (Lipinski definition) is 3. The van der Waals surface area contributed by atoms with Crippen molar-refractivity contribution >= 4 is 34.8 Å². The first-order valence-corrected chi connectivity index (χ1v) is 5.48. The summed E-state index contributed by atoms with van der Waals surface area (Å²) >= 11 is 17.3. The molecule has 0 radical (unpaired) electrons. The minimum atomic E-state index is -1.22. The minimum absolute atomic E-state index is 0.182. The molecule has 3 nitrogen and oxygen atoms in total. The van der Waals surface area contributed by atoms with Gasteiger partial charge in [0.2, 0.25) is 0 Å². The molecule has 16 heavy (non-hydrogen) atoms. The largest absolute Gasteiger partial charge is 0.389 e. The lowest BCUT2D eigenvalue weighted by molar-refractivity contribution is 0.0216. The number of hydrogen-bond donors (Lipinski definition) is 2. The maximum atomic E-state index is 9.70. The Morgan fingerprint density at radius 2 is 1.69 bits per heavy atom. The number of benzene rings is 1. The highest BCUT2D eigenvalue weighted by atomic mass is 35.5. The van der Waals surface area contributed by atoms with Gasteiger partial charge in [-0.1, -0.05) is 34.8 Å². The maximum Gasteiger partial charge on any atom is 0.106 e. The summed E-state index contributed by atoms with van der Waals surface area (Å²) in [6, 6.07) is 4.56. The summed E-state index contributed by atoms with van der Waals surface area (Å²) in [5, 5.41) is 28.1. The van der Waals surface area contributed by atoms with E-state index in [1.54, 1.807) is 6.07 Å². The highest BCUT2D eigenvalue weighted by molar-refractivity contribution is 6.48. The molecule has 0 saturated heterocycles. The predicted molar refractivity (Wildman–Crippen MR) is 62.7 cm³/mol. The zero-order chi connectivity index (χ0) is 12.3. The molecule has 0 aliphatic rings. The summed E-state index contributed by atoms with van der Waals surface area (Å²) < 4.78 is 0. The number of nitriles is 1. The topological polar surface area (TPSA) is 64.2 Å². The van der Waals surface area contributed by atoms with Crippen LogP contribution in [0.3, 0.4) is 0 Å². The maximum absolute atomic E-state index is 9.70. The first-order valence-electron chi connectivity index (χ1n) is 4.35. The van der Waals surface area contributed by atoms with Gasteiger partial charge in [-0.25, -0.2) is 0 Å². The van der Waals surface area contributed by atoms with Crippen LogP contribution in [0.4, 0.5) is 0 Å². The molecule has 0 spiro atoms. The first kappa shape index (κ1) is 13.6. The van der Waals surface area contributed by atoms with Gasteiger partial charge in [0.1, 0.15) is 6.10 Å². The highest BCUT2D eigenvalue weighted by Gasteiger charge is 2.20. The first-order chi connectivity index (χ1) is 7.47. The van der Waals surface area contributed by atoms with Gasteiger partial charge in [0.25, 0.3) is 0 Å². The van der Waals surface area contributed by atoms with Gasteiger partial charge in [0.05, 0.1) is 33.7 Å². The van der Waals surface area contributed by atoms with Crippen molar-refractivity contribution in [2.24, 2.45) is 0 Å². The zero-order valence-corrected chi connectivity index (χ0v) is 10.3. The van der Waals surface area contributed by atoms with E-state index in [1.807, 2.05) is 0 Å². The average molecular weight is 281 g/mol. The molecule has 2 N–H and O–H groups in total. The zero-order valence-electron chi connectivity index (χ0n) is 7.99. The van der Waals surface area contributed by atoms with Crippen LogP contribution in [-0.4, -0.2) is 16.3 Å². The Morgan fingerprint density at radius 1 is 1.19 bits per heavy atom. The third-order valence-corrected chi connectivity index (χ3v) is 3.21. The van der Waals surface area contributed by atoms with Gasteiger partial charge in [-0.2, -0.15) is 5.26 Å². The van der Waals surface area contributed by atoms with Gasteiger partial charge >= 0.3 is 0 Å². The normalized spacial score (nSPS) is 14.2. The summed E-state index contributed by atoms with van der Waals surface area (Å²) in [4.78, 5) is 0. The molecule has 0 aliphatic carbocycles. The van der Waals surface area contributed by atoms with Crippen molar-refractivity contribution in [3.05, 3.63) is 32.8 Å². The van der Waals surface area contributed by atoms with E-state index >= 15 is 0 Å². The number of nitrogens with zero attached hydrogens (tertiary/aromatic N) is 1. The summed E-state index contributed by atoms with van der Waals surface area (Å²) in [5.41, 5.74) is 0.321. The second-order valence-electron chi connectivity index (χ2n) is 3.17. The van der Waals surface area contributed by atoms with E-state index in [-0.39, 0.29) is 21.5 Å². The van der Waals surface area contributed by atoms with E-state index in [1.165, 1.54) is 12.1 Å². The molecular weight excluding hydrogens is 272 g/mol. The van der Waals surface area contributed by atoms with Crippen LogP contribution in [0.5, 0.6) is 0 Å². The molecule has 0 aromatic heterocycles. The van der Waals surface area contributed by atoms with Crippen LogP contribution in [0.15, 0.2) is 12.1 Å². The molecule has 2 unspecified atom stereocenters. The SMILES string of the molecule is N#CCC(O)C(O)c1cc(Cl)c(Cl)c(Cl)c1. The fourth-order valence-corrected chi connectivity index (χ4v) is 1.79. The van der Waals surface area contributed by atoms with Gasteiger partial charge in [-0.05, 0) is 17.7 Å². The summed E-state index contributed by atoms with van der Waals surface area (Å²) in [7, 11) is 0. The van der Waals surface area contributed by atoms with Crippen molar-refractivity contribution in [2.45, 2.75) is 18.6 Å². The van der Waals surface area contributed by atoms with Gasteiger partial charge in [-0.15, -0.1) is 0 Å².